The molecule has 1 fully saturated rings. The molecule has 5 heteroatoms. The molecule has 0 aliphatic carbocycles. The van der Waals surface area contributed by atoms with Crippen molar-refractivity contribution in [3.8, 4) is 0 Å². The quantitative estimate of drug-likeness (QED) is 0.871. The fourth-order valence-electron chi connectivity index (χ4n) is 2.53. The number of ether oxygens (including phenoxy) is 1. The van der Waals surface area contributed by atoms with Crippen LogP contribution >= 0.6 is 12.4 Å². The van der Waals surface area contributed by atoms with Crippen molar-refractivity contribution in [3.63, 3.8) is 0 Å². The van der Waals surface area contributed by atoms with Gasteiger partial charge in [0.25, 0.3) is 0 Å². The summed E-state index contributed by atoms with van der Waals surface area (Å²) >= 11 is 0. The van der Waals surface area contributed by atoms with Crippen molar-refractivity contribution in [1.29, 1.82) is 0 Å². The van der Waals surface area contributed by atoms with Crippen LogP contribution in [0.4, 0.5) is 0 Å². The number of hydrogen-bond donors (Lipinski definition) is 1. The van der Waals surface area contributed by atoms with Gasteiger partial charge in [0.2, 0.25) is 5.91 Å². The predicted molar refractivity (Wildman–Crippen MR) is 82.0 cm³/mol. The summed E-state index contributed by atoms with van der Waals surface area (Å²) < 4.78 is 5.51. The Kier molecular flexibility index (Phi) is 7.59. The highest BCUT2D eigenvalue weighted by Gasteiger charge is 2.27. The van der Waals surface area contributed by atoms with Gasteiger partial charge >= 0.3 is 0 Å². The molecule has 2 rings (SSSR count). The standard InChI is InChI=1S/C15H22N2O2.ClH/c1-16-10-14-8-5-9-17(14)15(18)12-19-11-13-6-3-2-4-7-13;/h2-4,6-7,14,16H,5,8-12H2,1H3;1H. The molecule has 1 aliphatic heterocycles. The highest BCUT2D eigenvalue weighted by atomic mass is 35.5. The summed E-state index contributed by atoms with van der Waals surface area (Å²) in [7, 11) is 1.92. The maximum atomic E-state index is 12.1. The Morgan fingerprint density at radius 1 is 1.40 bits per heavy atom. The van der Waals surface area contributed by atoms with E-state index in [1.165, 1.54) is 0 Å². The number of carbonyl (C=O) groups is 1. The largest absolute Gasteiger partial charge is 0.367 e. The first-order valence-electron chi connectivity index (χ1n) is 6.87. The van der Waals surface area contributed by atoms with Gasteiger partial charge in [0, 0.05) is 19.1 Å². The summed E-state index contributed by atoms with van der Waals surface area (Å²) in [6, 6.07) is 10.3. The van der Waals surface area contributed by atoms with Crippen LogP contribution in [0.1, 0.15) is 18.4 Å². The molecule has 0 saturated carbocycles. The Bertz CT molecular complexity index is 400. The third-order valence-corrected chi connectivity index (χ3v) is 3.47. The van der Waals surface area contributed by atoms with Crippen molar-refractivity contribution in [1.82, 2.24) is 10.2 Å². The number of nitrogens with one attached hydrogen (secondary N) is 1. The minimum Gasteiger partial charge on any atom is -0.367 e. The van der Waals surface area contributed by atoms with Gasteiger partial charge in [-0.3, -0.25) is 4.79 Å². The lowest BCUT2D eigenvalue weighted by Crippen LogP contribution is -2.42. The molecule has 1 aromatic carbocycles. The lowest BCUT2D eigenvalue weighted by Gasteiger charge is -2.24. The summed E-state index contributed by atoms with van der Waals surface area (Å²) in [5.41, 5.74) is 1.10. The fourth-order valence-corrected chi connectivity index (χ4v) is 2.53. The van der Waals surface area contributed by atoms with Crippen molar-refractivity contribution in [3.05, 3.63) is 35.9 Å². The molecule has 0 spiro atoms. The van der Waals surface area contributed by atoms with E-state index >= 15 is 0 Å². The van der Waals surface area contributed by atoms with Gasteiger partial charge in [-0.2, -0.15) is 0 Å². The second kappa shape index (κ2) is 8.95. The van der Waals surface area contributed by atoms with Crippen LogP contribution in [-0.4, -0.2) is 43.6 Å². The van der Waals surface area contributed by atoms with Crippen molar-refractivity contribution in [2.24, 2.45) is 0 Å². The monoisotopic (exact) mass is 298 g/mol. The van der Waals surface area contributed by atoms with E-state index < -0.39 is 0 Å². The first-order chi connectivity index (χ1) is 9.31. The SMILES string of the molecule is CNCC1CCCN1C(=O)COCc1ccccc1.Cl. The Morgan fingerprint density at radius 2 is 2.15 bits per heavy atom. The van der Waals surface area contributed by atoms with Crippen molar-refractivity contribution >= 4 is 18.3 Å². The molecule has 0 aromatic heterocycles. The Balaban J connectivity index is 0.00000200. The number of hydrogen-bond acceptors (Lipinski definition) is 3. The maximum absolute atomic E-state index is 12.1. The van der Waals surface area contributed by atoms with E-state index in [4.69, 9.17) is 4.74 Å². The Morgan fingerprint density at radius 3 is 2.85 bits per heavy atom. The zero-order valence-electron chi connectivity index (χ0n) is 11.9. The smallest absolute Gasteiger partial charge is 0.248 e. The number of likely N-dealkylation sites (N-methyl/N-ethyl adjacent to an activating group) is 1. The van der Waals surface area contributed by atoms with Crippen LogP contribution in [0.25, 0.3) is 0 Å². The first-order valence-corrected chi connectivity index (χ1v) is 6.87. The first kappa shape index (κ1) is 17.0. The molecule has 0 radical (unpaired) electrons. The average molecular weight is 299 g/mol. The normalized spacial score (nSPS) is 17.9. The van der Waals surface area contributed by atoms with Gasteiger partial charge in [0.05, 0.1) is 6.61 Å². The van der Waals surface area contributed by atoms with E-state index in [0.717, 1.165) is 31.5 Å². The number of amides is 1. The summed E-state index contributed by atoms with van der Waals surface area (Å²) in [5, 5.41) is 3.14. The second-order valence-electron chi connectivity index (χ2n) is 4.92. The highest BCUT2D eigenvalue weighted by molar-refractivity contribution is 5.85. The number of likely N-dealkylation sites (tertiary alicyclic amines) is 1. The molecule has 1 heterocycles. The van der Waals surface area contributed by atoms with Crippen molar-refractivity contribution < 1.29 is 9.53 Å². The van der Waals surface area contributed by atoms with Gasteiger partial charge < -0.3 is 15.0 Å². The van der Waals surface area contributed by atoms with Crippen molar-refractivity contribution in [2.45, 2.75) is 25.5 Å². The molecule has 1 atom stereocenters. The second-order valence-corrected chi connectivity index (χ2v) is 4.92. The molecule has 1 saturated heterocycles. The molecular formula is C15H23ClN2O2. The molecule has 112 valence electrons. The minimum absolute atomic E-state index is 0. The van der Waals surface area contributed by atoms with Crippen LogP contribution in [0, 0.1) is 0 Å². The van der Waals surface area contributed by atoms with Gasteiger partial charge in [-0.15, -0.1) is 12.4 Å². The fraction of sp³-hybridized carbons (Fsp3) is 0.533. The van der Waals surface area contributed by atoms with E-state index in [1.54, 1.807) is 0 Å². The summed E-state index contributed by atoms with van der Waals surface area (Å²) in [6.07, 6.45) is 2.18. The van der Waals surface area contributed by atoms with Crippen LogP contribution in [0.5, 0.6) is 0 Å². The zero-order chi connectivity index (χ0) is 13.5. The van der Waals surface area contributed by atoms with Gasteiger partial charge in [-0.25, -0.2) is 0 Å². The Labute approximate surface area is 126 Å². The van der Waals surface area contributed by atoms with E-state index in [1.807, 2.05) is 42.3 Å². The van der Waals surface area contributed by atoms with Crippen LogP contribution in [0.3, 0.4) is 0 Å². The number of halogens is 1. The highest BCUT2D eigenvalue weighted by Crippen LogP contribution is 2.16. The molecule has 0 bridgehead atoms. The molecule has 1 N–H and O–H groups in total. The molecule has 1 unspecified atom stereocenters. The maximum Gasteiger partial charge on any atom is 0.248 e. The van der Waals surface area contributed by atoms with E-state index in [0.29, 0.717) is 12.6 Å². The Hall–Kier alpha value is -1.10. The third kappa shape index (κ3) is 4.78. The van der Waals surface area contributed by atoms with E-state index in [-0.39, 0.29) is 24.9 Å². The predicted octanol–water partition coefficient (Wildman–Crippen LogP) is 1.84. The molecule has 1 aromatic rings. The summed E-state index contributed by atoms with van der Waals surface area (Å²) in [4.78, 5) is 14.0. The van der Waals surface area contributed by atoms with E-state index in [9.17, 15) is 4.79 Å². The lowest BCUT2D eigenvalue weighted by molar-refractivity contribution is -0.137. The van der Waals surface area contributed by atoms with Crippen LogP contribution < -0.4 is 5.32 Å². The number of carbonyl (C=O) groups excluding carboxylic acids is 1. The van der Waals surface area contributed by atoms with E-state index in [2.05, 4.69) is 5.32 Å². The van der Waals surface area contributed by atoms with Crippen LogP contribution in [-0.2, 0) is 16.1 Å². The molecular weight excluding hydrogens is 276 g/mol. The lowest BCUT2D eigenvalue weighted by atomic mass is 10.2. The van der Waals surface area contributed by atoms with Gasteiger partial charge in [-0.1, -0.05) is 30.3 Å². The molecule has 1 amide bonds. The van der Waals surface area contributed by atoms with Gasteiger partial charge in [0.15, 0.2) is 0 Å². The molecule has 20 heavy (non-hydrogen) atoms. The van der Waals surface area contributed by atoms with Gasteiger partial charge in [-0.05, 0) is 25.5 Å². The topological polar surface area (TPSA) is 41.6 Å². The minimum atomic E-state index is 0. The van der Waals surface area contributed by atoms with Gasteiger partial charge in [0.1, 0.15) is 6.61 Å². The summed E-state index contributed by atoms with van der Waals surface area (Å²) in [5.74, 6) is 0.105. The number of rotatable bonds is 6. The third-order valence-electron chi connectivity index (χ3n) is 3.47. The average Bonchev–Trinajstić information content (AvgIpc) is 2.89. The van der Waals surface area contributed by atoms with Crippen molar-refractivity contribution in [2.75, 3.05) is 26.7 Å². The van der Waals surface area contributed by atoms with Crippen LogP contribution in [0.15, 0.2) is 30.3 Å². The number of benzene rings is 1. The number of nitrogens with zero attached hydrogens (tertiary/aromatic N) is 1. The molecule has 1 aliphatic rings. The molecule has 4 nitrogen and oxygen atoms in total. The zero-order valence-corrected chi connectivity index (χ0v) is 12.7. The summed E-state index contributed by atoms with van der Waals surface area (Å²) in [6.45, 7) is 2.40. The van der Waals surface area contributed by atoms with Crippen LogP contribution in [0.2, 0.25) is 0 Å².